The summed E-state index contributed by atoms with van der Waals surface area (Å²) in [5.74, 6) is 0.892. The molecular weight excluding hydrogens is 478 g/mol. The Kier molecular flexibility index (Phi) is 7.66. The third-order valence-electron chi connectivity index (χ3n) is 6.31. The van der Waals surface area contributed by atoms with Gasteiger partial charge in [0, 0.05) is 50.1 Å². The van der Waals surface area contributed by atoms with Gasteiger partial charge in [-0.25, -0.2) is 9.97 Å². The molecule has 2 saturated heterocycles. The van der Waals surface area contributed by atoms with E-state index in [0.29, 0.717) is 11.6 Å². The van der Waals surface area contributed by atoms with Gasteiger partial charge in [-0.05, 0) is 48.4 Å². The molecule has 3 heterocycles. The van der Waals surface area contributed by atoms with Crippen molar-refractivity contribution in [2.45, 2.75) is 11.8 Å². The van der Waals surface area contributed by atoms with Crippen molar-refractivity contribution in [3.8, 4) is 0 Å². The topological polar surface area (TPSA) is 52.6 Å². The van der Waals surface area contributed by atoms with E-state index in [0.717, 1.165) is 61.1 Å². The van der Waals surface area contributed by atoms with Crippen molar-refractivity contribution in [3.63, 3.8) is 0 Å². The monoisotopic (exact) mass is 505 g/mol. The number of carbonyl (C=O) groups excluding carboxylic acids is 1. The summed E-state index contributed by atoms with van der Waals surface area (Å²) in [7, 11) is 0. The molecule has 1 unspecified atom stereocenters. The van der Waals surface area contributed by atoms with Crippen LogP contribution in [0, 0.1) is 0 Å². The summed E-state index contributed by atoms with van der Waals surface area (Å²) in [6, 6.07) is 19.7. The van der Waals surface area contributed by atoms with Crippen molar-refractivity contribution >= 4 is 41.3 Å². The molecule has 5 rings (SSSR count). The molecule has 1 atom stereocenters. The van der Waals surface area contributed by atoms with Crippen molar-refractivity contribution < 1.29 is 4.79 Å². The predicted molar refractivity (Wildman–Crippen MR) is 143 cm³/mol. The summed E-state index contributed by atoms with van der Waals surface area (Å²) in [5, 5.41) is 0.625. The molecule has 0 N–H and O–H groups in total. The molecule has 180 valence electrons. The highest BCUT2D eigenvalue weighted by atomic mass is 35.5. The second-order valence-corrected chi connectivity index (χ2v) is 10.2. The lowest BCUT2D eigenvalue weighted by atomic mass is 10.2. The maximum atomic E-state index is 13.4. The number of nitrogens with zero attached hydrogens (tertiary/aromatic N) is 5. The van der Waals surface area contributed by atoms with E-state index in [1.807, 2.05) is 65.6 Å². The first-order valence-corrected chi connectivity index (χ1v) is 13.2. The van der Waals surface area contributed by atoms with Gasteiger partial charge in [-0.15, -0.1) is 0 Å². The molecule has 2 aliphatic rings. The van der Waals surface area contributed by atoms with Crippen LogP contribution in [0.1, 0.15) is 22.9 Å². The van der Waals surface area contributed by atoms with E-state index in [9.17, 15) is 4.79 Å². The summed E-state index contributed by atoms with van der Waals surface area (Å²) in [6.07, 6.45) is 6.49. The van der Waals surface area contributed by atoms with Crippen LogP contribution in [-0.2, 0) is 4.79 Å². The molecule has 2 aromatic carbocycles. The third-order valence-corrected chi connectivity index (χ3v) is 7.84. The summed E-state index contributed by atoms with van der Waals surface area (Å²) in [4.78, 5) is 29.6. The molecule has 0 saturated carbocycles. The number of anilines is 1. The Morgan fingerprint density at radius 1 is 0.943 bits per heavy atom. The number of hydrogen-bond acceptors (Lipinski definition) is 6. The van der Waals surface area contributed by atoms with Crippen molar-refractivity contribution in [2.75, 3.05) is 44.2 Å². The van der Waals surface area contributed by atoms with E-state index in [4.69, 9.17) is 11.6 Å². The van der Waals surface area contributed by atoms with E-state index >= 15 is 0 Å². The zero-order valence-corrected chi connectivity index (χ0v) is 21.0. The van der Waals surface area contributed by atoms with Crippen molar-refractivity contribution in [2.24, 2.45) is 0 Å². The van der Waals surface area contributed by atoms with Crippen LogP contribution >= 0.6 is 23.4 Å². The van der Waals surface area contributed by atoms with E-state index in [1.165, 1.54) is 0 Å². The summed E-state index contributed by atoms with van der Waals surface area (Å²) >= 11 is 7.90. The van der Waals surface area contributed by atoms with Crippen LogP contribution in [0.4, 0.5) is 5.95 Å². The minimum atomic E-state index is -0.0664. The van der Waals surface area contributed by atoms with Gasteiger partial charge in [0.25, 0.3) is 5.91 Å². The van der Waals surface area contributed by atoms with E-state index in [1.54, 1.807) is 24.2 Å². The van der Waals surface area contributed by atoms with Crippen LogP contribution in [-0.4, -0.2) is 64.9 Å². The summed E-state index contributed by atoms with van der Waals surface area (Å²) < 4.78 is 0. The van der Waals surface area contributed by atoms with Crippen LogP contribution in [0.25, 0.3) is 6.08 Å². The molecule has 8 heteroatoms. The van der Waals surface area contributed by atoms with Crippen LogP contribution < -0.4 is 4.90 Å². The predicted octanol–water partition coefficient (Wildman–Crippen LogP) is 4.96. The lowest BCUT2D eigenvalue weighted by Crippen LogP contribution is -2.47. The van der Waals surface area contributed by atoms with Gasteiger partial charge in [0.2, 0.25) is 5.95 Å². The molecule has 0 radical (unpaired) electrons. The Morgan fingerprint density at radius 3 is 2.46 bits per heavy atom. The summed E-state index contributed by atoms with van der Waals surface area (Å²) in [5.41, 5.74) is 2.10. The number of aromatic nitrogens is 2. The normalized spacial score (nSPS) is 20.1. The standard InChI is InChI=1S/C27H28ClN5OS/c28-23-10-4-9-22(20-23)26-33(25(34)24(35-26)19-21-7-2-1-3-8-21)14-6-13-31-15-17-32(18-16-31)27-29-11-5-12-30-27/h1-5,7-12,19-20,26H,6,13-18H2/b24-19-. The Balaban J connectivity index is 1.23. The molecule has 0 aliphatic carbocycles. The minimum absolute atomic E-state index is 0.0664. The first kappa shape index (κ1) is 23.9. The fourth-order valence-electron chi connectivity index (χ4n) is 4.50. The zero-order valence-electron chi connectivity index (χ0n) is 19.5. The van der Waals surface area contributed by atoms with E-state index < -0.39 is 0 Å². The van der Waals surface area contributed by atoms with Crippen molar-refractivity contribution in [3.05, 3.63) is 94.1 Å². The largest absolute Gasteiger partial charge is 0.338 e. The highest BCUT2D eigenvalue weighted by molar-refractivity contribution is 8.04. The van der Waals surface area contributed by atoms with Crippen molar-refractivity contribution in [1.82, 2.24) is 19.8 Å². The third kappa shape index (κ3) is 5.86. The van der Waals surface area contributed by atoms with Gasteiger partial charge in [0.15, 0.2) is 0 Å². The molecular formula is C27H28ClN5OS. The number of halogens is 1. The molecule has 0 spiro atoms. The first-order valence-electron chi connectivity index (χ1n) is 11.9. The van der Waals surface area contributed by atoms with Gasteiger partial charge in [-0.1, -0.05) is 65.8 Å². The van der Waals surface area contributed by atoms with E-state index in [-0.39, 0.29) is 11.3 Å². The average Bonchev–Trinajstić information content (AvgIpc) is 3.20. The number of rotatable bonds is 7. The molecule has 2 aliphatic heterocycles. The highest BCUT2D eigenvalue weighted by Crippen LogP contribution is 2.46. The van der Waals surface area contributed by atoms with E-state index in [2.05, 4.69) is 25.8 Å². The lowest BCUT2D eigenvalue weighted by Gasteiger charge is -2.35. The first-order chi connectivity index (χ1) is 17.2. The smallest absolute Gasteiger partial charge is 0.261 e. The number of benzene rings is 2. The van der Waals surface area contributed by atoms with Gasteiger partial charge in [-0.3, -0.25) is 9.69 Å². The zero-order chi connectivity index (χ0) is 24.0. The second kappa shape index (κ2) is 11.2. The quantitative estimate of drug-likeness (QED) is 0.423. The fraction of sp³-hybridized carbons (Fsp3) is 0.296. The SMILES string of the molecule is O=C1/C(=C/c2ccccc2)SC(c2cccc(Cl)c2)N1CCCN1CCN(c2ncccn2)CC1. The highest BCUT2D eigenvalue weighted by Gasteiger charge is 2.37. The molecule has 3 aromatic rings. The molecule has 2 fully saturated rings. The second-order valence-electron chi connectivity index (χ2n) is 8.67. The van der Waals surface area contributed by atoms with Gasteiger partial charge < -0.3 is 9.80 Å². The number of hydrogen-bond donors (Lipinski definition) is 0. The van der Waals surface area contributed by atoms with Crippen molar-refractivity contribution in [1.29, 1.82) is 0 Å². The van der Waals surface area contributed by atoms with Gasteiger partial charge in [0.1, 0.15) is 5.37 Å². The van der Waals surface area contributed by atoms with Crippen LogP contribution in [0.2, 0.25) is 5.02 Å². The molecule has 35 heavy (non-hydrogen) atoms. The number of thioether (sulfide) groups is 1. The number of carbonyl (C=O) groups is 1. The van der Waals surface area contributed by atoms with Crippen LogP contribution in [0.15, 0.2) is 78.0 Å². The van der Waals surface area contributed by atoms with Gasteiger partial charge in [-0.2, -0.15) is 0 Å². The van der Waals surface area contributed by atoms with Gasteiger partial charge >= 0.3 is 0 Å². The Hall–Kier alpha value is -2.87. The molecule has 1 aromatic heterocycles. The van der Waals surface area contributed by atoms with Gasteiger partial charge in [0.05, 0.1) is 4.91 Å². The average molecular weight is 506 g/mol. The Morgan fingerprint density at radius 2 is 1.71 bits per heavy atom. The Labute approximate surface area is 215 Å². The fourth-order valence-corrected chi connectivity index (χ4v) is 5.97. The Bertz CT molecular complexity index is 1170. The minimum Gasteiger partial charge on any atom is -0.338 e. The van der Waals surface area contributed by atoms with Crippen LogP contribution in [0.5, 0.6) is 0 Å². The molecule has 1 amide bonds. The number of piperazine rings is 1. The molecule has 0 bridgehead atoms. The summed E-state index contributed by atoms with van der Waals surface area (Å²) in [6.45, 7) is 5.43. The number of amides is 1. The van der Waals surface area contributed by atoms with Crippen LogP contribution in [0.3, 0.4) is 0 Å². The molecule has 6 nitrogen and oxygen atoms in total. The maximum absolute atomic E-state index is 13.4. The maximum Gasteiger partial charge on any atom is 0.261 e. The lowest BCUT2D eigenvalue weighted by molar-refractivity contribution is -0.126.